The first-order valence-electron chi connectivity index (χ1n) is 9.47. The molecule has 160 valence electrons. The number of nitrogens with one attached hydrogen (secondary N) is 1. The number of halogens is 3. The number of carbonyl (C=O) groups is 1. The fraction of sp³-hybridized carbons (Fsp3) is 0.400. The Morgan fingerprint density at radius 3 is 2.90 bits per heavy atom. The number of hydrogen-bond acceptors (Lipinski definition) is 6. The molecule has 1 fully saturated rings. The molecule has 1 saturated heterocycles. The Balaban J connectivity index is 1.46. The van der Waals surface area contributed by atoms with Crippen LogP contribution in [0.4, 0.5) is 15.9 Å². The second kappa shape index (κ2) is 8.19. The zero-order valence-corrected chi connectivity index (χ0v) is 17.4. The molecule has 0 aliphatic carbocycles. The maximum Gasteiger partial charge on any atom is 0.224 e. The number of anilines is 2. The fourth-order valence-corrected chi connectivity index (χ4v) is 4.23. The Morgan fingerprint density at radius 1 is 1.37 bits per heavy atom. The second-order valence-corrected chi connectivity index (χ2v) is 8.35. The third kappa shape index (κ3) is 4.05. The summed E-state index contributed by atoms with van der Waals surface area (Å²) < 4.78 is 19.8. The largest absolute Gasteiger partial charge is 0.490 e. The normalized spacial score (nSPS) is 23.7. The SMILES string of the molecule is O=C1CCc2c(OCC3(O)CCN(c4ncc(Cl)cc4Cl)CC3O)ccc(F)c2N1. The second-order valence-electron chi connectivity index (χ2n) is 7.51. The molecule has 30 heavy (non-hydrogen) atoms. The highest BCUT2D eigenvalue weighted by Crippen LogP contribution is 2.35. The van der Waals surface area contributed by atoms with Gasteiger partial charge in [-0.1, -0.05) is 23.2 Å². The van der Waals surface area contributed by atoms with E-state index < -0.39 is 17.5 Å². The lowest BCUT2D eigenvalue weighted by molar-refractivity contribution is -0.116. The van der Waals surface area contributed by atoms with Crippen LogP contribution in [-0.2, 0) is 11.2 Å². The first kappa shape index (κ1) is 21.1. The predicted octanol–water partition coefficient (Wildman–Crippen LogP) is 2.79. The van der Waals surface area contributed by atoms with Crippen LogP contribution in [0, 0.1) is 5.82 Å². The first-order valence-corrected chi connectivity index (χ1v) is 10.2. The first-order chi connectivity index (χ1) is 14.3. The molecule has 3 N–H and O–H groups in total. The van der Waals surface area contributed by atoms with Crippen molar-refractivity contribution < 1.29 is 24.1 Å². The molecule has 2 aliphatic rings. The van der Waals surface area contributed by atoms with Crippen LogP contribution < -0.4 is 15.0 Å². The molecule has 0 saturated carbocycles. The molecule has 10 heteroatoms. The molecular weight excluding hydrogens is 436 g/mol. The van der Waals surface area contributed by atoms with Crippen molar-refractivity contribution in [2.24, 2.45) is 0 Å². The average Bonchev–Trinajstić information content (AvgIpc) is 2.70. The molecule has 1 amide bonds. The number of pyridine rings is 1. The average molecular weight is 456 g/mol. The molecule has 2 aliphatic heterocycles. The predicted molar refractivity (Wildman–Crippen MR) is 111 cm³/mol. The number of ether oxygens (including phenoxy) is 1. The number of β-amino-alcohol motifs (C(OH)–C–C–N with tert-alkyl or cyclic N) is 1. The van der Waals surface area contributed by atoms with Gasteiger partial charge in [0.05, 0.1) is 15.7 Å². The van der Waals surface area contributed by atoms with Crippen LogP contribution >= 0.6 is 23.2 Å². The van der Waals surface area contributed by atoms with E-state index in [1.54, 1.807) is 11.0 Å². The topological polar surface area (TPSA) is 94.9 Å². The van der Waals surface area contributed by atoms with Crippen molar-refractivity contribution in [1.29, 1.82) is 0 Å². The zero-order valence-electron chi connectivity index (χ0n) is 15.9. The Kier molecular flexibility index (Phi) is 5.76. The molecule has 2 atom stereocenters. The van der Waals surface area contributed by atoms with E-state index in [4.69, 9.17) is 27.9 Å². The van der Waals surface area contributed by atoms with Gasteiger partial charge in [-0.25, -0.2) is 9.37 Å². The summed E-state index contributed by atoms with van der Waals surface area (Å²) >= 11 is 12.1. The summed E-state index contributed by atoms with van der Waals surface area (Å²) in [4.78, 5) is 17.5. The van der Waals surface area contributed by atoms with Gasteiger partial charge >= 0.3 is 0 Å². The van der Waals surface area contributed by atoms with Crippen molar-refractivity contribution in [1.82, 2.24) is 4.98 Å². The maximum absolute atomic E-state index is 14.0. The number of benzene rings is 1. The van der Waals surface area contributed by atoms with Crippen LogP contribution in [0.1, 0.15) is 18.4 Å². The minimum atomic E-state index is -1.51. The summed E-state index contributed by atoms with van der Waals surface area (Å²) in [6, 6.07) is 4.24. The summed E-state index contributed by atoms with van der Waals surface area (Å²) in [6.45, 7) is 0.310. The summed E-state index contributed by atoms with van der Waals surface area (Å²) in [6.07, 6.45) is 1.10. The molecule has 4 rings (SSSR count). The van der Waals surface area contributed by atoms with Crippen LogP contribution in [0.5, 0.6) is 5.75 Å². The highest BCUT2D eigenvalue weighted by Gasteiger charge is 2.42. The number of nitrogens with zero attached hydrogens (tertiary/aromatic N) is 2. The third-order valence-electron chi connectivity index (χ3n) is 5.48. The van der Waals surface area contributed by atoms with Gasteiger partial charge in [-0.15, -0.1) is 0 Å². The lowest BCUT2D eigenvalue weighted by atomic mass is 9.89. The number of carbonyl (C=O) groups excluding carboxylic acids is 1. The van der Waals surface area contributed by atoms with E-state index in [-0.39, 0.29) is 37.6 Å². The molecule has 7 nitrogen and oxygen atoms in total. The number of fused-ring (bicyclic) bond motifs is 1. The molecule has 3 heterocycles. The summed E-state index contributed by atoms with van der Waals surface area (Å²) in [5.74, 6) is 0.0579. The molecule has 1 aromatic heterocycles. The van der Waals surface area contributed by atoms with Crippen LogP contribution in [-0.4, -0.2) is 52.5 Å². The van der Waals surface area contributed by atoms with E-state index >= 15 is 0 Å². The Morgan fingerprint density at radius 2 is 2.17 bits per heavy atom. The van der Waals surface area contributed by atoms with Crippen molar-refractivity contribution in [2.45, 2.75) is 31.0 Å². The Labute approximate surface area is 182 Å². The highest BCUT2D eigenvalue weighted by molar-refractivity contribution is 6.36. The van der Waals surface area contributed by atoms with Gasteiger partial charge in [0, 0.05) is 31.3 Å². The number of hydrogen-bond donors (Lipinski definition) is 3. The number of rotatable bonds is 4. The summed E-state index contributed by atoms with van der Waals surface area (Å²) in [7, 11) is 0. The molecule has 0 spiro atoms. The van der Waals surface area contributed by atoms with Crippen LogP contribution in [0.15, 0.2) is 24.4 Å². The van der Waals surface area contributed by atoms with Crippen molar-refractivity contribution in [3.8, 4) is 5.75 Å². The molecular formula is C20H20Cl2FN3O4. The number of aliphatic hydroxyl groups is 2. The Hall–Kier alpha value is -2.13. The van der Waals surface area contributed by atoms with Crippen molar-refractivity contribution in [3.63, 3.8) is 0 Å². The maximum atomic E-state index is 14.0. The monoisotopic (exact) mass is 455 g/mol. The quantitative estimate of drug-likeness (QED) is 0.655. The van der Waals surface area contributed by atoms with Crippen molar-refractivity contribution in [2.75, 3.05) is 29.9 Å². The van der Waals surface area contributed by atoms with E-state index in [0.717, 1.165) is 0 Å². The highest BCUT2D eigenvalue weighted by atomic mass is 35.5. The van der Waals surface area contributed by atoms with Gasteiger partial charge in [-0.2, -0.15) is 0 Å². The number of amides is 1. The molecule has 0 bridgehead atoms. The minimum Gasteiger partial charge on any atom is -0.490 e. The number of aliphatic hydroxyl groups excluding tert-OH is 1. The fourth-order valence-electron chi connectivity index (χ4n) is 3.73. The third-order valence-corrected chi connectivity index (χ3v) is 5.96. The van der Waals surface area contributed by atoms with Gasteiger partial charge in [0.2, 0.25) is 5.91 Å². The molecule has 0 radical (unpaired) electrons. The zero-order chi connectivity index (χ0) is 21.5. The van der Waals surface area contributed by atoms with E-state index in [2.05, 4.69) is 10.3 Å². The smallest absolute Gasteiger partial charge is 0.224 e. The van der Waals surface area contributed by atoms with Gasteiger partial charge in [0.15, 0.2) is 0 Å². The molecule has 1 aromatic carbocycles. The van der Waals surface area contributed by atoms with Crippen molar-refractivity contribution >= 4 is 40.6 Å². The van der Waals surface area contributed by atoms with E-state index in [1.165, 1.54) is 18.3 Å². The van der Waals surface area contributed by atoms with E-state index in [0.29, 0.717) is 40.1 Å². The van der Waals surface area contributed by atoms with Gasteiger partial charge < -0.3 is 25.2 Å². The van der Waals surface area contributed by atoms with E-state index in [9.17, 15) is 19.4 Å². The minimum absolute atomic E-state index is 0.103. The lowest BCUT2D eigenvalue weighted by Crippen LogP contribution is -2.58. The van der Waals surface area contributed by atoms with E-state index in [1.807, 2.05) is 0 Å². The standard InChI is InChI=1S/C20H20Cl2FN3O4/c21-11-7-13(22)19(24-8-11)26-6-5-20(29,16(27)9-26)10-30-15-3-2-14(23)18-12(15)1-4-17(28)25-18/h2-3,7-8,16,27,29H,1,4-6,9-10H2,(H,25,28). The van der Waals surface area contributed by atoms with Crippen LogP contribution in [0.3, 0.4) is 0 Å². The van der Waals surface area contributed by atoms with Gasteiger partial charge in [-0.05, 0) is 31.0 Å². The Bertz CT molecular complexity index is 993. The lowest BCUT2D eigenvalue weighted by Gasteiger charge is -2.42. The number of aromatic nitrogens is 1. The van der Waals surface area contributed by atoms with Gasteiger partial charge in [0.25, 0.3) is 0 Å². The molecule has 2 aromatic rings. The van der Waals surface area contributed by atoms with Crippen molar-refractivity contribution in [3.05, 3.63) is 45.8 Å². The summed E-state index contributed by atoms with van der Waals surface area (Å²) in [5, 5.41) is 24.9. The van der Waals surface area contributed by atoms with Gasteiger partial charge in [-0.3, -0.25) is 4.79 Å². The van der Waals surface area contributed by atoms with Gasteiger partial charge in [0.1, 0.15) is 35.7 Å². The summed E-state index contributed by atoms with van der Waals surface area (Å²) in [5.41, 5.74) is -0.856. The van der Waals surface area contributed by atoms with Crippen LogP contribution in [0.2, 0.25) is 10.0 Å². The molecule has 2 unspecified atom stereocenters. The van der Waals surface area contributed by atoms with Crippen LogP contribution in [0.25, 0.3) is 0 Å². The number of piperidine rings is 1.